The van der Waals surface area contributed by atoms with Gasteiger partial charge in [-0.2, -0.15) is 0 Å². The predicted octanol–water partition coefficient (Wildman–Crippen LogP) is 3.86. The molecule has 0 saturated carbocycles. The summed E-state index contributed by atoms with van der Waals surface area (Å²) in [5.74, 6) is -0.229. The Balaban J connectivity index is 2.11. The molecule has 0 bridgehead atoms. The van der Waals surface area contributed by atoms with Crippen LogP contribution in [-0.2, 0) is 4.74 Å². The standard InChI is InChI=1S/C17H20FNO/c1-13(14-6-4-3-5-7-14)20-17(12-19-2)15-8-10-16(18)11-9-15/h3-11,13,17,19H,12H2,1-2H3. The molecule has 2 nitrogen and oxygen atoms in total. The normalized spacial score (nSPS) is 13.9. The van der Waals surface area contributed by atoms with Crippen molar-refractivity contribution < 1.29 is 9.13 Å². The van der Waals surface area contributed by atoms with Crippen LogP contribution in [0.25, 0.3) is 0 Å². The maximum atomic E-state index is 13.0. The smallest absolute Gasteiger partial charge is 0.123 e. The van der Waals surface area contributed by atoms with Gasteiger partial charge in [-0.25, -0.2) is 4.39 Å². The molecule has 1 N–H and O–H groups in total. The molecule has 2 atom stereocenters. The summed E-state index contributed by atoms with van der Waals surface area (Å²) in [5, 5.41) is 3.12. The molecule has 2 rings (SSSR count). The average Bonchev–Trinajstić information content (AvgIpc) is 2.48. The van der Waals surface area contributed by atoms with Gasteiger partial charge >= 0.3 is 0 Å². The Hall–Kier alpha value is -1.71. The molecule has 0 fully saturated rings. The number of likely N-dealkylation sites (N-methyl/N-ethyl adjacent to an activating group) is 1. The molecule has 0 aromatic heterocycles. The third-order valence-corrected chi connectivity index (χ3v) is 3.27. The van der Waals surface area contributed by atoms with E-state index in [1.807, 2.05) is 44.3 Å². The molecule has 0 radical (unpaired) electrons. The van der Waals surface area contributed by atoms with Crippen LogP contribution in [0, 0.1) is 5.82 Å². The molecule has 0 heterocycles. The molecule has 0 aliphatic heterocycles. The number of rotatable bonds is 6. The molecular formula is C17H20FNO. The highest BCUT2D eigenvalue weighted by Gasteiger charge is 2.16. The Morgan fingerprint density at radius 1 is 1.00 bits per heavy atom. The van der Waals surface area contributed by atoms with E-state index in [0.717, 1.165) is 11.1 Å². The number of hydrogen-bond acceptors (Lipinski definition) is 2. The molecule has 2 aromatic rings. The number of hydrogen-bond donors (Lipinski definition) is 1. The van der Waals surface area contributed by atoms with Crippen LogP contribution >= 0.6 is 0 Å². The van der Waals surface area contributed by atoms with E-state index in [1.165, 1.54) is 12.1 Å². The van der Waals surface area contributed by atoms with Gasteiger partial charge in [-0.3, -0.25) is 0 Å². The monoisotopic (exact) mass is 273 g/mol. The van der Waals surface area contributed by atoms with Crippen LogP contribution in [0.3, 0.4) is 0 Å². The maximum absolute atomic E-state index is 13.0. The van der Waals surface area contributed by atoms with Crippen LogP contribution in [-0.4, -0.2) is 13.6 Å². The topological polar surface area (TPSA) is 21.3 Å². The molecule has 0 amide bonds. The van der Waals surface area contributed by atoms with Gasteiger partial charge in [-0.1, -0.05) is 42.5 Å². The SMILES string of the molecule is CNCC(OC(C)c1ccccc1)c1ccc(F)cc1. The van der Waals surface area contributed by atoms with Gasteiger partial charge < -0.3 is 10.1 Å². The van der Waals surface area contributed by atoms with Gasteiger partial charge in [-0.05, 0) is 37.2 Å². The van der Waals surface area contributed by atoms with Crippen LogP contribution < -0.4 is 5.32 Å². The third-order valence-electron chi connectivity index (χ3n) is 3.27. The first kappa shape index (κ1) is 14.7. The summed E-state index contributed by atoms with van der Waals surface area (Å²) in [6, 6.07) is 16.6. The van der Waals surface area contributed by atoms with Crippen molar-refractivity contribution in [3.05, 3.63) is 71.5 Å². The molecule has 20 heavy (non-hydrogen) atoms. The fourth-order valence-electron chi connectivity index (χ4n) is 2.16. The van der Waals surface area contributed by atoms with E-state index in [4.69, 9.17) is 4.74 Å². The lowest BCUT2D eigenvalue weighted by atomic mass is 10.1. The number of benzene rings is 2. The third kappa shape index (κ3) is 3.89. The zero-order valence-electron chi connectivity index (χ0n) is 11.8. The van der Waals surface area contributed by atoms with Crippen molar-refractivity contribution in [2.24, 2.45) is 0 Å². The Morgan fingerprint density at radius 3 is 2.25 bits per heavy atom. The van der Waals surface area contributed by atoms with E-state index >= 15 is 0 Å². The van der Waals surface area contributed by atoms with Gasteiger partial charge in [0.1, 0.15) is 5.82 Å². The summed E-state index contributed by atoms with van der Waals surface area (Å²) < 4.78 is 19.1. The Bertz CT molecular complexity index is 512. The van der Waals surface area contributed by atoms with E-state index in [9.17, 15) is 4.39 Å². The van der Waals surface area contributed by atoms with Crippen molar-refractivity contribution in [2.45, 2.75) is 19.1 Å². The number of halogens is 1. The van der Waals surface area contributed by atoms with Crippen molar-refractivity contribution in [3.63, 3.8) is 0 Å². The fraction of sp³-hybridized carbons (Fsp3) is 0.294. The summed E-state index contributed by atoms with van der Waals surface area (Å²) in [6.07, 6.45) is -0.115. The zero-order chi connectivity index (χ0) is 14.4. The zero-order valence-corrected chi connectivity index (χ0v) is 11.8. The second-order valence-electron chi connectivity index (χ2n) is 4.79. The molecule has 3 heteroatoms. The second kappa shape index (κ2) is 7.17. The Morgan fingerprint density at radius 2 is 1.65 bits per heavy atom. The molecule has 106 valence electrons. The highest BCUT2D eigenvalue weighted by atomic mass is 19.1. The fourth-order valence-corrected chi connectivity index (χ4v) is 2.16. The number of ether oxygens (including phenoxy) is 1. The van der Waals surface area contributed by atoms with Gasteiger partial charge in [0.2, 0.25) is 0 Å². The highest BCUT2D eigenvalue weighted by Crippen LogP contribution is 2.26. The van der Waals surface area contributed by atoms with E-state index < -0.39 is 0 Å². The Kier molecular flexibility index (Phi) is 5.27. The predicted molar refractivity (Wildman–Crippen MR) is 79.0 cm³/mol. The van der Waals surface area contributed by atoms with Gasteiger partial charge in [0.05, 0.1) is 12.2 Å². The molecule has 0 spiro atoms. The molecule has 2 unspecified atom stereocenters. The van der Waals surface area contributed by atoms with Crippen molar-refractivity contribution in [3.8, 4) is 0 Å². The molecule has 2 aromatic carbocycles. The van der Waals surface area contributed by atoms with Crippen molar-refractivity contribution in [1.29, 1.82) is 0 Å². The van der Waals surface area contributed by atoms with Crippen LogP contribution in [0.2, 0.25) is 0 Å². The van der Waals surface area contributed by atoms with Crippen LogP contribution in [0.15, 0.2) is 54.6 Å². The average molecular weight is 273 g/mol. The van der Waals surface area contributed by atoms with Gasteiger partial charge in [0.15, 0.2) is 0 Å². The van der Waals surface area contributed by atoms with E-state index in [-0.39, 0.29) is 18.0 Å². The minimum atomic E-state index is -0.229. The van der Waals surface area contributed by atoms with E-state index in [2.05, 4.69) is 5.32 Å². The lowest BCUT2D eigenvalue weighted by Crippen LogP contribution is -2.21. The lowest BCUT2D eigenvalue weighted by molar-refractivity contribution is -0.00344. The van der Waals surface area contributed by atoms with Gasteiger partial charge in [0.25, 0.3) is 0 Å². The first-order chi connectivity index (χ1) is 9.70. The summed E-state index contributed by atoms with van der Waals surface area (Å²) in [4.78, 5) is 0. The minimum Gasteiger partial charge on any atom is -0.365 e. The quantitative estimate of drug-likeness (QED) is 0.862. The summed E-state index contributed by atoms with van der Waals surface area (Å²) in [5.41, 5.74) is 2.11. The number of nitrogens with one attached hydrogen (secondary N) is 1. The van der Waals surface area contributed by atoms with Crippen LogP contribution in [0.5, 0.6) is 0 Å². The summed E-state index contributed by atoms with van der Waals surface area (Å²) in [6.45, 7) is 2.71. The van der Waals surface area contributed by atoms with Crippen molar-refractivity contribution in [1.82, 2.24) is 5.32 Å². The molecule has 0 aliphatic carbocycles. The first-order valence-electron chi connectivity index (χ1n) is 6.81. The van der Waals surface area contributed by atoms with Gasteiger partial charge in [0, 0.05) is 6.54 Å². The van der Waals surface area contributed by atoms with Crippen LogP contribution in [0.1, 0.15) is 30.3 Å². The highest BCUT2D eigenvalue weighted by molar-refractivity contribution is 5.20. The molecule has 0 aliphatic rings. The summed E-state index contributed by atoms with van der Waals surface area (Å²) >= 11 is 0. The van der Waals surface area contributed by atoms with Crippen molar-refractivity contribution >= 4 is 0 Å². The van der Waals surface area contributed by atoms with Gasteiger partial charge in [-0.15, -0.1) is 0 Å². The van der Waals surface area contributed by atoms with E-state index in [1.54, 1.807) is 12.1 Å². The van der Waals surface area contributed by atoms with Crippen molar-refractivity contribution in [2.75, 3.05) is 13.6 Å². The maximum Gasteiger partial charge on any atom is 0.123 e. The molecular weight excluding hydrogens is 253 g/mol. The Labute approximate surface area is 119 Å². The van der Waals surface area contributed by atoms with E-state index in [0.29, 0.717) is 6.54 Å². The largest absolute Gasteiger partial charge is 0.365 e. The second-order valence-corrected chi connectivity index (χ2v) is 4.79. The molecule has 0 saturated heterocycles. The minimum absolute atomic E-state index is 0.0143. The summed E-state index contributed by atoms with van der Waals surface area (Å²) in [7, 11) is 1.88. The van der Waals surface area contributed by atoms with Crippen LogP contribution in [0.4, 0.5) is 4.39 Å². The first-order valence-corrected chi connectivity index (χ1v) is 6.81. The lowest BCUT2D eigenvalue weighted by Gasteiger charge is -2.23.